The van der Waals surface area contributed by atoms with Gasteiger partial charge in [0, 0.05) is 19.8 Å². The summed E-state index contributed by atoms with van der Waals surface area (Å²) >= 11 is 5.69. The van der Waals surface area contributed by atoms with Crippen molar-refractivity contribution in [2.45, 2.75) is 32.9 Å². The number of hydrogen-bond acceptors (Lipinski definition) is 2. The molecule has 0 fully saturated rings. The van der Waals surface area contributed by atoms with Gasteiger partial charge < -0.3 is 10.6 Å². The highest BCUT2D eigenvalue weighted by atomic mass is 127. The highest BCUT2D eigenvalue weighted by Gasteiger charge is 2.13. The first-order valence-corrected chi connectivity index (χ1v) is 7.29. The number of carbonyl (C=O) groups excluding carboxylic acids is 1. The maximum atomic E-state index is 11.7. The van der Waals surface area contributed by atoms with Gasteiger partial charge in [-0.05, 0) is 77.5 Å². The van der Waals surface area contributed by atoms with Crippen molar-refractivity contribution >= 4 is 50.1 Å². The third kappa shape index (κ3) is 4.83. The van der Waals surface area contributed by atoms with Crippen LogP contribution in [0.25, 0.3) is 0 Å². The van der Waals surface area contributed by atoms with Crippen molar-refractivity contribution in [3.05, 3.63) is 26.2 Å². The molecule has 17 heavy (non-hydrogen) atoms. The van der Waals surface area contributed by atoms with Gasteiger partial charge >= 0.3 is 0 Å². The van der Waals surface area contributed by atoms with Gasteiger partial charge in [0.2, 0.25) is 5.91 Å². The Labute approximate surface area is 124 Å². The molecule has 1 aromatic rings. The van der Waals surface area contributed by atoms with Crippen LogP contribution in [0.1, 0.15) is 20.8 Å². The number of rotatable bonds is 4. The minimum absolute atomic E-state index is 0.0120. The molecule has 0 heterocycles. The zero-order valence-corrected chi connectivity index (χ0v) is 13.8. The van der Waals surface area contributed by atoms with Crippen LogP contribution in [-0.2, 0) is 4.79 Å². The fourth-order valence-electron chi connectivity index (χ4n) is 1.31. The molecule has 0 aliphatic rings. The highest BCUT2D eigenvalue weighted by molar-refractivity contribution is 14.1. The zero-order chi connectivity index (χ0) is 13.0. The second-order valence-electron chi connectivity index (χ2n) is 4.16. The molecule has 1 aromatic carbocycles. The van der Waals surface area contributed by atoms with E-state index in [0.717, 1.165) is 13.7 Å². The van der Waals surface area contributed by atoms with E-state index in [4.69, 9.17) is 0 Å². The van der Waals surface area contributed by atoms with Crippen LogP contribution >= 0.6 is 38.5 Å². The van der Waals surface area contributed by atoms with Crippen LogP contribution in [-0.4, -0.2) is 18.0 Å². The summed E-state index contributed by atoms with van der Waals surface area (Å²) in [5.41, 5.74) is 0.948. The summed E-state index contributed by atoms with van der Waals surface area (Å²) in [6, 6.07) is 5.85. The van der Waals surface area contributed by atoms with Crippen LogP contribution < -0.4 is 10.6 Å². The van der Waals surface area contributed by atoms with Gasteiger partial charge in [0.1, 0.15) is 6.04 Å². The van der Waals surface area contributed by atoms with Crippen LogP contribution in [0.5, 0.6) is 0 Å². The summed E-state index contributed by atoms with van der Waals surface area (Å²) in [6.45, 7) is 5.76. The lowest BCUT2D eigenvalue weighted by atomic mass is 10.2. The first-order valence-electron chi connectivity index (χ1n) is 5.42. The standard InChI is InChI=1S/C12H16BrIN2O/c1-7(2)15-12(17)8(3)16-9-4-5-10(13)11(14)6-9/h4-8,16H,1-3H3,(H,15,17). The third-order valence-electron chi connectivity index (χ3n) is 2.13. The Hall–Kier alpha value is -0.300. The van der Waals surface area contributed by atoms with Crippen LogP contribution in [0, 0.1) is 3.57 Å². The molecule has 0 saturated heterocycles. The van der Waals surface area contributed by atoms with Crippen molar-refractivity contribution < 1.29 is 4.79 Å². The Morgan fingerprint density at radius 2 is 2.00 bits per heavy atom. The van der Waals surface area contributed by atoms with Crippen molar-refractivity contribution in [3.63, 3.8) is 0 Å². The van der Waals surface area contributed by atoms with E-state index in [1.165, 1.54) is 0 Å². The predicted octanol–water partition coefficient (Wildman–Crippen LogP) is 3.38. The van der Waals surface area contributed by atoms with Crippen LogP contribution in [0.3, 0.4) is 0 Å². The Morgan fingerprint density at radius 1 is 1.35 bits per heavy atom. The molecule has 1 rings (SSSR count). The molecule has 1 atom stereocenters. The minimum atomic E-state index is -0.241. The monoisotopic (exact) mass is 410 g/mol. The van der Waals surface area contributed by atoms with Gasteiger partial charge in [0.05, 0.1) is 0 Å². The first-order chi connectivity index (χ1) is 7.90. The van der Waals surface area contributed by atoms with E-state index < -0.39 is 0 Å². The number of carbonyl (C=O) groups is 1. The SMILES string of the molecule is CC(C)NC(=O)C(C)Nc1ccc(Br)c(I)c1. The molecule has 0 saturated carbocycles. The quantitative estimate of drug-likeness (QED) is 0.747. The average molecular weight is 411 g/mol. The second kappa shape index (κ2) is 6.58. The highest BCUT2D eigenvalue weighted by Crippen LogP contribution is 2.22. The fraction of sp³-hybridized carbons (Fsp3) is 0.417. The van der Waals surface area contributed by atoms with Crippen LogP contribution in [0.4, 0.5) is 5.69 Å². The molecule has 0 bridgehead atoms. The number of benzene rings is 1. The summed E-state index contributed by atoms with van der Waals surface area (Å²) in [6.07, 6.45) is 0. The van der Waals surface area contributed by atoms with E-state index in [1.807, 2.05) is 39.0 Å². The van der Waals surface area contributed by atoms with Crippen LogP contribution in [0.15, 0.2) is 22.7 Å². The van der Waals surface area contributed by atoms with Crippen LogP contribution in [0.2, 0.25) is 0 Å². The Balaban J connectivity index is 2.64. The lowest BCUT2D eigenvalue weighted by Gasteiger charge is -2.17. The van der Waals surface area contributed by atoms with E-state index in [-0.39, 0.29) is 18.0 Å². The van der Waals surface area contributed by atoms with Crippen molar-refractivity contribution in [1.82, 2.24) is 5.32 Å². The molecule has 2 N–H and O–H groups in total. The molecule has 0 aliphatic carbocycles. The number of halogens is 2. The van der Waals surface area contributed by atoms with E-state index in [0.29, 0.717) is 0 Å². The summed E-state index contributed by atoms with van der Waals surface area (Å²) in [4.78, 5) is 11.7. The average Bonchev–Trinajstić information content (AvgIpc) is 2.22. The van der Waals surface area contributed by atoms with E-state index in [2.05, 4.69) is 49.2 Å². The van der Waals surface area contributed by atoms with Crippen molar-refractivity contribution in [1.29, 1.82) is 0 Å². The van der Waals surface area contributed by atoms with E-state index >= 15 is 0 Å². The van der Waals surface area contributed by atoms with Crippen molar-refractivity contribution in [2.75, 3.05) is 5.32 Å². The number of anilines is 1. The Morgan fingerprint density at radius 3 is 2.53 bits per heavy atom. The molecule has 0 spiro atoms. The molecule has 5 heteroatoms. The smallest absolute Gasteiger partial charge is 0.242 e. The van der Waals surface area contributed by atoms with Gasteiger partial charge in [-0.1, -0.05) is 0 Å². The van der Waals surface area contributed by atoms with E-state index in [9.17, 15) is 4.79 Å². The van der Waals surface area contributed by atoms with Crippen molar-refractivity contribution in [3.8, 4) is 0 Å². The number of hydrogen-bond donors (Lipinski definition) is 2. The fourth-order valence-corrected chi connectivity index (χ4v) is 2.07. The second-order valence-corrected chi connectivity index (χ2v) is 6.17. The zero-order valence-electron chi connectivity index (χ0n) is 10.1. The summed E-state index contributed by atoms with van der Waals surface area (Å²) in [5, 5.41) is 6.05. The van der Waals surface area contributed by atoms with E-state index in [1.54, 1.807) is 0 Å². The Kier molecular flexibility index (Phi) is 5.72. The lowest BCUT2D eigenvalue weighted by molar-refractivity contribution is -0.122. The van der Waals surface area contributed by atoms with Gasteiger partial charge in [-0.25, -0.2) is 0 Å². The van der Waals surface area contributed by atoms with Gasteiger partial charge in [-0.2, -0.15) is 0 Å². The third-order valence-corrected chi connectivity index (χ3v) is 4.45. The maximum Gasteiger partial charge on any atom is 0.242 e. The molecule has 0 aliphatic heterocycles. The molecular formula is C12H16BrIN2O. The number of nitrogens with one attached hydrogen (secondary N) is 2. The molecule has 3 nitrogen and oxygen atoms in total. The lowest BCUT2D eigenvalue weighted by Crippen LogP contribution is -2.40. The molecule has 94 valence electrons. The van der Waals surface area contributed by atoms with Gasteiger partial charge in [0.25, 0.3) is 0 Å². The van der Waals surface area contributed by atoms with Crippen molar-refractivity contribution in [2.24, 2.45) is 0 Å². The summed E-state index contributed by atoms with van der Waals surface area (Å²) < 4.78 is 2.17. The molecule has 1 unspecified atom stereocenters. The summed E-state index contributed by atoms with van der Waals surface area (Å²) in [5.74, 6) is 0.0120. The maximum absolute atomic E-state index is 11.7. The molecular weight excluding hydrogens is 395 g/mol. The van der Waals surface area contributed by atoms with Gasteiger partial charge in [-0.15, -0.1) is 0 Å². The summed E-state index contributed by atoms with van der Waals surface area (Å²) in [7, 11) is 0. The molecule has 0 aromatic heterocycles. The molecule has 1 amide bonds. The predicted molar refractivity (Wildman–Crippen MR) is 83.2 cm³/mol. The minimum Gasteiger partial charge on any atom is -0.374 e. The normalized spacial score (nSPS) is 12.4. The topological polar surface area (TPSA) is 41.1 Å². The largest absolute Gasteiger partial charge is 0.374 e. The van der Waals surface area contributed by atoms with Gasteiger partial charge in [-0.3, -0.25) is 4.79 Å². The van der Waals surface area contributed by atoms with Gasteiger partial charge in [0.15, 0.2) is 0 Å². The number of amides is 1. The molecule has 0 radical (unpaired) electrons. The Bertz CT molecular complexity index is 409. The first kappa shape index (κ1) is 14.8.